The molecule has 0 fully saturated rings. The third kappa shape index (κ3) is 6.24. The zero-order valence-electron chi connectivity index (χ0n) is 16.5. The minimum absolute atomic E-state index is 0.136. The Bertz CT molecular complexity index is 944. The van der Waals surface area contributed by atoms with Gasteiger partial charge in [-0.1, -0.05) is 31.5 Å². The molecule has 0 saturated carbocycles. The SMILES string of the molecule is CCCCn1nc(C(=O)NNC(=S)NCCCC(=O)OC)c2ccccc2c1=O. The molecule has 9 nitrogen and oxygen atoms in total. The summed E-state index contributed by atoms with van der Waals surface area (Å²) >= 11 is 5.10. The fourth-order valence-corrected chi connectivity index (χ4v) is 2.77. The maximum atomic E-state index is 12.7. The lowest BCUT2D eigenvalue weighted by Crippen LogP contribution is -2.47. The first-order chi connectivity index (χ1) is 14.0. The monoisotopic (exact) mass is 419 g/mol. The average molecular weight is 420 g/mol. The van der Waals surface area contributed by atoms with Crippen LogP contribution >= 0.6 is 12.2 Å². The topological polar surface area (TPSA) is 114 Å². The molecule has 0 radical (unpaired) electrons. The quantitative estimate of drug-likeness (QED) is 0.254. The molecule has 0 spiro atoms. The van der Waals surface area contributed by atoms with E-state index in [4.69, 9.17) is 12.2 Å². The normalized spacial score (nSPS) is 10.4. The van der Waals surface area contributed by atoms with E-state index in [-0.39, 0.29) is 28.8 Å². The smallest absolute Gasteiger partial charge is 0.305 e. The van der Waals surface area contributed by atoms with Crippen molar-refractivity contribution in [2.75, 3.05) is 13.7 Å². The number of hydrazine groups is 1. The lowest BCUT2D eigenvalue weighted by atomic mass is 10.1. The number of rotatable bonds is 8. The van der Waals surface area contributed by atoms with Crippen molar-refractivity contribution in [3.63, 3.8) is 0 Å². The number of ether oxygens (including phenoxy) is 1. The van der Waals surface area contributed by atoms with Crippen molar-refractivity contribution in [3.8, 4) is 0 Å². The van der Waals surface area contributed by atoms with Crippen LogP contribution in [0.2, 0.25) is 0 Å². The number of benzene rings is 1. The largest absolute Gasteiger partial charge is 0.469 e. The van der Waals surface area contributed by atoms with Crippen LogP contribution < -0.4 is 21.7 Å². The van der Waals surface area contributed by atoms with Crippen LogP contribution in [-0.2, 0) is 16.1 Å². The number of aryl methyl sites for hydroxylation is 1. The van der Waals surface area contributed by atoms with E-state index < -0.39 is 5.91 Å². The minimum Gasteiger partial charge on any atom is -0.469 e. The molecule has 3 N–H and O–H groups in total. The maximum absolute atomic E-state index is 12.7. The second-order valence-electron chi connectivity index (χ2n) is 6.29. The van der Waals surface area contributed by atoms with E-state index in [1.165, 1.54) is 11.8 Å². The van der Waals surface area contributed by atoms with Crippen molar-refractivity contribution in [1.82, 2.24) is 25.9 Å². The summed E-state index contributed by atoms with van der Waals surface area (Å²) in [4.78, 5) is 36.3. The molecule has 29 heavy (non-hydrogen) atoms. The van der Waals surface area contributed by atoms with Crippen LogP contribution in [0.4, 0.5) is 0 Å². The summed E-state index contributed by atoms with van der Waals surface area (Å²) in [5.74, 6) is -0.805. The highest BCUT2D eigenvalue weighted by Crippen LogP contribution is 2.13. The number of nitrogens with zero attached hydrogens (tertiary/aromatic N) is 2. The van der Waals surface area contributed by atoms with Gasteiger partial charge >= 0.3 is 5.97 Å². The van der Waals surface area contributed by atoms with Gasteiger partial charge in [-0.3, -0.25) is 25.2 Å². The number of nitrogens with one attached hydrogen (secondary N) is 3. The van der Waals surface area contributed by atoms with E-state index in [9.17, 15) is 14.4 Å². The number of hydrogen-bond donors (Lipinski definition) is 3. The van der Waals surface area contributed by atoms with E-state index in [0.29, 0.717) is 30.3 Å². The molecular formula is C19H25N5O4S. The third-order valence-corrected chi connectivity index (χ3v) is 4.41. The van der Waals surface area contributed by atoms with Crippen molar-refractivity contribution < 1.29 is 14.3 Å². The average Bonchev–Trinajstić information content (AvgIpc) is 2.74. The summed E-state index contributed by atoms with van der Waals surface area (Å²) in [5.41, 5.74) is 5.01. The van der Waals surface area contributed by atoms with Crippen LogP contribution in [-0.4, -0.2) is 40.4 Å². The van der Waals surface area contributed by atoms with Crippen LogP contribution in [0.3, 0.4) is 0 Å². The number of aromatic nitrogens is 2. The number of thiocarbonyl (C=S) groups is 1. The third-order valence-electron chi connectivity index (χ3n) is 4.17. The van der Waals surface area contributed by atoms with Gasteiger partial charge in [0.1, 0.15) is 0 Å². The summed E-state index contributed by atoms with van der Waals surface area (Å²) < 4.78 is 5.88. The van der Waals surface area contributed by atoms with E-state index in [1.807, 2.05) is 6.92 Å². The van der Waals surface area contributed by atoms with Crippen molar-refractivity contribution in [2.24, 2.45) is 0 Å². The van der Waals surface area contributed by atoms with Gasteiger partial charge in [0.05, 0.1) is 12.5 Å². The van der Waals surface area contributed by atoms with Crippen LogP contribution in [0.25, 0.3) is 10.8 Å². The molecule has 1 aromatic carbocycles. The molecular weight excluding hydrogens is 394 g/mol. The maximum Gasteiger partial charge on any atom is 0.305 e. The number of esters is 1. The van der Waals surface area contributed by atoms with Gasteiger partial charge in [0.25, 0.3) is 11.5 Å². The van der Waals surface area contributed by atoms with Crippen LogP contribution in [0.1, 0.15) is 43.1 Å². The standard InChI is InChI=1S/C19H25N5O4S/c1-3-4-12-24-18(27)14-9-6-5-8-13(14)16(23-24)17(26)21-22-19(29)20-11-7-10-15(25)28-2/h5-6,8-9H,3-4,7,10-12H2,1-2H3,(H,21,26)(H2,20,22,29). The molecule has 1 amide bonds. The molecule has 0 unspecified atom stereocenters. The Morgan fingerprint density at radius 2 is 1.90 bits per heavy atom. The van der Waals surface area contributed by atoms with Gasteiger partial charge in [-0.25, -0.2) is 4.68 Å². The first-order valence-corrected chi connectivity index (χ1v) is 9.79. The number of hydrogen-bond acceptors (Lipinski definition) is 6. The molecule has 2 aromatic rings. The van der Waals surface area contributed by atoms with Crippen LogP contribution in [0, 0.1) is 0 Å². The molecule has 0 bridgehead atoms. The van der Waals surface area contributed by atoms with E-state index in [0.717, 1.165) is 12.8 Å². The Morgan fingerprint density at radius 3 is 2.59 bits per heavy atom. The second kappa shape index (κ2) is 11.1. The van der Waals surface area contributed by atoms with E-state index in [2.05, 4.69) is 26.0 Å². The fourth-order valence-electron chi connectivity index (χ4n) is 2.62. The Labute approximate surface area is 173 Å². The first kappa shape index (κ1) is 22.3. The Morgan fingerprint density at radius 1 is 1.17 bits per heavy atom. The summed E-state index contributed by atoms with van der Waals surface area (Å²) in [6.07, 6.45) is 2.49. The van der Waals surface area contributed by atoms with Crippen LogP contribution in [0.5, 0.6) is 0 Å². The number of fused-ring (bicyclic) bond motifs is 1. The molecule has 0 atom stereocenters. The Hall–Kier alpha value is -3.01. The summed E-state index contributed by atoms with van der Waals surface area (Å²) in [6, 6.07) is 6.87. The minimum atomic E-state index is -0.509. The molecule has 1 heterocycles. The summed E-state index contributed by atoms with van der Waals surface area (Å²) in [6.45, 7) is 2.90. The molecule has 2 rings (SSSR count). The lowest BCUT2D eigenvalue weighted by Gasteiger charge is -2.13. The van der Waals surface area contributed by atoms with Gasteiger partial charge in [0.15, 0.2) is 10.8 Å². The van der Waals surface area contributed by atoms with Gasteiger partial charge < -0.3 is 10.1 Å². The van der Waals surface area contributed by atoms with Crippen LogP contribution in [0.15, 0.2) is 29.1 Å². The highest BCUT2D eigenvalue weighted by molar-refractivity contribution is 7.80. The number of methoxy groups -OCH3 is 1. The highest BCUT2D eigenvalue weighted by atomic mass is 32.1. The van der Waals surface area contributed by atoms with E-state index in [1.54, 1.807) is 24.3 Å². The highest BCUT2D eigenvalue weighted by Gasteiger charge is 2.16. The van der Waals surface area contributed by atoms with Crippen molar-refractivity contribution in [3.05, 3.63) is 40.3 Å². The Balaban J connectivity index is 2.04. The van der Waals surface area contributed by atoms with Gasteiger partial charge in [-0.05, 0) is 31.1 Å². The summed E-state index contributed by atoms with van der Waals surface area (Å²) in [7, 11) is 1.33. The molecule has 10 heteroatoms. The van der Waals surface area contributed by atoms with Crippen molar-refractivity contribution in [2.45, 2.75) is 39.2 Å². The molecule has 0 saturated heterocycles. The second-order valence-corrected chi connectivity index (χ2v) is 6.70. The molecule has 0 aliphatic carbocycles. The molecule has 1 aromatic heterocycles. The number of carbonyl (C=O) groups is 2. The number of unbranched alkanes of at least 4 members (excludes halogenated alkanes) is 1. The predicted molar refractivity (Wildman–Crippen MR) is 113 cm³/mol. The van der Waals surface area contributed by atoms with Gasteiger partial charge in [-0.15, -0.1) is 0 Å². The fraction of sp³-hybridized carbons (Fsp3) is 0.421. The number of carbonyl (C=O) groups excluding carboxylic acids is 2. The molecule has 0 aliphatic heterocycles. The zero-order valence-corrected chi connectivity index (χ0v) is 17.3. The Kier molecular flexibility index (Phi) is 8.53. The van der Waals surface area contributed by atoms with Gasteiger partial charge in [0.2, 0.25) is 0 Å². The van der Waals surface area contributed by atoms with Crippen molar-refractivity contribution in [1.29, 1.82) is 0 Å². The first-order valence-electron chi connectivity index (χ1n) is 9.38. The van der Waals surface area contributed by atoms with Gasteiger partial charge in [0, 0.05) is 24.9 Å². The van der Waals surface area contributed by atoms with Gasteiger partial charge in [-0.2, -0.15) is 5.10 Å². The van der Waals surface area contributed by atoms with E-state index >= 15 is 0 Å². The summed E-state index contributed by atoms with van der Waals surface area (Å²) in [5, 5.41) is 8.25. The lowest BCUT2D eigenvalue weighted by molar-refractivity contribution is -0.140. The zero-order chi connectivity index (χ0) is 21.2. The molecule has 156 valence electrons. The molecule has 0 aliphatic rings. The predicted octanol–water partition coefficient (Wildman–Crippen LogP) is 1.26. The number of amides is 1. The van der Waals surface area contributed by atoms with Crippen molar-refractivity contribution >= 4 is 40.0 Å².